The van der Waals surface area contributed by atoms with Crippen LogP contribution < -0.4 is 15.4 Å². The van der Waals surface area contributed by atoms with Crippen LogP contribution in [0, 0.1) is 5.82 Å². The van der Waals surface area contributed by atoms with Crippen LogP contribution in [0.2, 0.25) is 0 Å². The second-order valence-corrected chi connectivity index (χ2v) is 6.42. The number of aromatic nitrogens is 1. The van der Waals surface area contributed by atoms with Crippen LogP contribution in [0.3, 0.4) is 0 Å². The number of nitrogens with zero attached hydrogens (tertiary/aromatic N) is 1. The van der Waals surface area contributed by atoms with E-state index in [4.69, 9.17) is 4.74 Å². The van der Waals surface area contributed by atoms with Gasteiger partial charge in [-0.25, -0.2) is 9.37 Å². The summed E-state index contributed by atoms with van der Waals surface area (Å²) >= 11 is 1.10. The van der Waals surface area contributed by atoms with Crippen LogP contribution in [0.4, 0.5) is 15.2 Å². The number of carbonyl (C=O) groups excluding carboxylic acids is 2. The van der Waals surface area contributed by atoms with E-state index in [0.717, 1.165) is 16.9 Å². The molecule has 138 valence electrons. The van der Waals surface area contributed by atoms with Crippen LogP contribution in [-0.4, -0.2) is 16.8 Å². The Hall–Kier alpha value is -3.26. The molecule has 3 aromatic rings. The Kier molecular flexibility index (Phi) is 5.77. The number of para-hydroxylation sites is 1. The lowest BCUT2D eigenvalue weighted by atomic mass is 10.2. The first kappa shape index (κ1) is 18.5. The zero-order valence-corrected chi connectivity index (χ0v) is 15.2. The third-order valence-electron chi connectivity index (χ3n) is 3.47. The molecule has 6 nitrogen and oxygen atoms in total. The molecule has 1 aromatic heterocycles. The smallest absolute Gasteiger partial charge is 0.275 e. The van der Waals surface area contributed by atoms with Gasteiger partial charge in [-0.2, -0.15) is 0 Å². The quantitative estimate of drug-likeness (QED) is 0.670. The van der Waals surface area contributed by atoms with E-state index in [0.29, 0.717) is 5.13 Å². The topological polar surface area (TPSA) is 80.3 Å². The predicted molar refractivity (Wildman–Crippen MR) is 102 cm³/mol. The highest BCUT2D eigenvalue weighted by Crippen LogP contribution is 2.29. The van der Waals surface area contributed by atoms with Crippen molar-refractivity contribution in [3.63, 3.8) is 0 Å². The van der Waals surface area contributed by atoms with Gasteiger partial charge in [-0.1, -0.05) is 36.4 Å². The molecule has 0 atom stereocenters. The van der Waals surface area contributed by atoms with E-state index < -0.39 is 11.7 Å². The highest BCUT2D eigenvalue weighted by atomic mass is 32.1. The maximum atomic E-state index is 14.3. The van der Waals surface area contributed by atoms with Crippen molar-refractivity contribution in [2.24, 2.45) is 0 Å². The van der Waals surface area contributed by atoms with Crippen LogP contribution in [0.5, 0.6) is 5.75 Å². The number of hydrogen-bond acceptors (Lipinski definition) is 5. The Morgan fingerprint density at radius 1 is 1.11 bits per heavy atom. The lowest BCUT2D eigenvalue weighted by Gasteiger charge is -2.13. The van der Waals surface area contributed by atoms with Crippen LogP contribution >= 0.6 is 11.3 Å². The predicted octanol–water partition coefficient (Wildman–Crippen LogP) is 4.07. The molecule has 0 spiro atoms. The maximum absolute atomic E-state index is 14.3. The van der Waals surface area contributed by atoms with E-state index in [1.807, 2.05) is 30.3 Å². The Labute approximate surface area is 159 Å². The van der Waals surface area contributed by atoms with Crippen LogP contribution in [-0.2, 0) is 11.4 Å². The second kappa shape index (κ2) is 8.41. The monoisotopic (exact) mass is 385 g/mol. The molecule has 0 unspecified atom stereocenters. The van der Waals surface area contributed by atoms with Crippen molar-refractivity contribution in [3.05, 3.63) is 71.0 Å². The van der Waals surface area contributed by atoms with Gasteiger partial charge in [0.15, 0.2) is 10.9 Å². The number of amides is 2. The van der Waals surface area contributed by atoms with Crippen molar-refractivity contribution in [2.75, 3.05) is 10.6 Å². The molecule has 0 saturated carbocycles. The second-order valence-electron chi connectivity index (χ2n) is 5.56. The Bertz CT molecular complexity index is 960. The Morgan fingerprint density at radius 3 is 2.63 bits per heavy atom. The van der Waals surface area contributed by atoms with Gasteiger partial charge in [-0.3, -0.25) is 9.59 Å². The Morgan fingerprint density at radius 2 is 1.89 bits per heavy atom. The summed E-state index contributed by atoms with van der Waals surface area (Å²) in [5, 5.41) is 6.76. The summed E-state index contributed by atoms with van der Waals surface area (Å²) in [6.07, 6.45) is 0. The van der Waals surface area contributed by atoms with Crippen LogP contribution in [0.25, 0.3) is 0 Å². The first-order valence-electron chi connectivity index (χ1n) is 8.02. The minimum absolute atomic E-state index is 0.0625. The number of halogens is 1. The molecule has 0 aliphatic heterocycles. The van der Waals surface area contributed by atoms with Crippen molar-refractivity contribution >= 4 is 34.0 Å². The van der Waals surface area contributed by atoms with Gasteiger partial charge >= 0.3 is 0 Å². The highest BCUT2D eigenvalue weighted by Gasteiger charge is 2.17. The van der Waals surface area contributed by atoms with E-state index in [1.165, 1.54) is 24.4 Å². The molecular formula is C19H16FN3O3S. The number of ether oxygens (including phenoxy) is 1. The summed E-state index contributed by atoms with van der Waals surface area (Å²) in [6.45, 7) is 1.58. The van der Waals surface area contributed by atoms with Crippen molar-refractivity contribution < 1.29 is 18.7 Å². The van der Waals surface area contributed by atoms with Crippen LogP contribution in [0.1, 0.15) is 23.0 Å². The summed E-state index contributed by atoms with van der Waals surface area (Å²) in [4.78, 5) is 27.5. The Balaban J connectivity index is 1.74. The zero-order valence-electron chi connectivity index (χ0n) is 14.4. The number of nitrogens with one attached hydrogen (secondary N) is 2. The molecule has 8 heteroatoms. The van der Waals surface area contributed by atoms with Crippen molar-refractivity contribution in [3.8, 4) is 5.75 Å². The molecule has 27 heavy (non-hydrogen) atoms. The van der Waals surface area contributed by atoms with E-state index in [-0.39, 0.29) is 29.6 Å². The first-order chi connectivity index (χ1) is 13.0. The molecule has 0 bridgehead atoms. The van der Waals surface area contributed by atoms with E-state index in [2.05, 4.69) is 15.6 Å². The number of rotatable bonds is 6. The molecule has 0 radical (unpaired) electrons. The standard InChI is InChI=1S/C19H16FN3O3S/c1-12(24)21-19-22-15(11-27-19)18(25)23-17-14(20)8-5-9-16(17)26-10-13-6-3-2-4-7-13/h2-9,11H,10H2,1H3,(H,23,25)(H,21,22,24). The minimum Gasteiger partial charge on any atom is -0.487 e. The van der Waals surface area contributed by atoms with Gasteiger partial charge in [-0.15, -0.1) is 11.3 Å². The molecule has 0 fully saturated rings. The lowest BCUT2D eigenvalue weighted by molar-refractivity contribution is -0.114. The number of anilines is 2. The van der Waals surface area contributed by atoms with Gasteiger partial charge in [0, 0.05) is 12.3 Å². The molecule has 2 N–H and O–H groups in total. The maximum Gasteiger partial charge on any atom is 0.275 e. The molecule has 0 aliphatic rings. The van der Waals surface area contributed by atoms with Gasteiger partial charge in [0.25, 0.3) is 5.91 Å². The van der Waals surface area contributed by atoms with E-state index in [9.17, 15) is 14.0 Å². The third kappa shape index (κ3) is 4.89. The minimum atomic E-state index is -0.619. The molecule has 2 aromatic carbocycles. The molecule has 1 heterocycles. The van der Waals surface area contributed by atoms with Gasteiger partial charge in [0.2, 0.25) is 5.91 Å². The summed E-state index contributed by atoms with van der Waals surface area (Å²) < 4.78 is 19.9. The average Bonchev–Trinajstić information content (AvgIpc) is 3.11. The van der Waals surface area contributed by atoms with Gasteiger partial charge < -0.3 is 15.4 Å². The number of benzene rings is 2. The molecular weight excluding hydrogens is 369 g/mol. The van der Waals surface area contributed by atoms with Gasteiger partial charge in [0.1, 0.15) is 23.7 Å². The van der Waals surface area contributed by atoms with E-state index >= 15 is 0 Å². The lowest BCUT2D eigenvalue weighted by Crippen LogP contribution is -2.15. The average molecular weight is 385 g/mol. The van der Waals surface area contributed by atoms with E-state index in [1.54, 1.807) is 6.07 Å². The fourth-order valence-electron chi connectivity index (χ4n) is 2.24. The van der Waals surface area contributed by atoms with Gasteiger partial charge in [-0.05, 0) is 17.7 Å². The number of thiazole rings is 1. The molecule has 2 amide bonds. The van der Waals surface area contributed by atoms with Gasteiger partial charge in [0.05, 0.1) is 0 Å². The third-order valence-corrected chi connectivity index (χ3v) is 4.23. The largest absolute Gasteiger partial charge is 0.487 e. The summed E-state index contributed by atoms with van der Waals surface area (Å²) in [6, 6.07) is 13.7. The van der Waals surface area contributed by atoms with Crippen molar-refractivity contribution in [2.45, 2.75) is 13.5 Å². The number of carbonyl (C=O) groups is 2. The normalized spacial score (nSPS) is 10.3. The fourth-order valence-corrected chi connectivity index (χ4v) is 2.98. The van der Waals surface area contributed by atoms with Crippen molar-refractivity contribution in [1.29, 1.82) is 0 Å². The summed E-state index contributed by atoms with van der Waals surface area (Å²) in [5.74, 6) is -1.30. The summed E-state index contributed by atoms with van der Waals surface area (Å²) in [5.41, 5.74) is 0.923. The highest BCUT2D eigenvalue weighted by molar-refractivity contribution is 7.14. The molecule has 3 rings (SSSR count). The van der Waals surface area contributed by atoms with Crippen molar-refractivity contribution in [1.82, 2.24) is 4.98 Å². The van der Waals surface area contributed by atoms with Crippen LogP contribution in [0.15, 0.2) is 53.9 Å². The number of hydrogen-bond donors (Lipinski definition) is 2. The fraction of sp³-hybridized carbons (Fsp3) is 0.105. The molecule has 0 saturated heterocycles. The summed E-state index contributed by atoms with van der Waals surface area (Å²) in [7, 11) is 0. The zero-order chi connectivity index (χ0) is 19.2. The first-order valence-corrected chi connectivity index (χ1v) is 8.90. The SMILES string of the molecule is CC(=O)Nc1nc(C(=O)Nc2c(F)cccc2OCc2ccccc2)cs1. The molecule has 0 aliphatic carbocycles.